The predicted molar refractivity (Wildman–Crippen MR) is 191 cm³/mol. The van der Waals surface area contributed by atoms with Gasteiger partial charge in [-0.05, 0) is 118 Å². The molecule has 1 aliphatic carbocycles. The van der Waals surface area contributed by atoms with Crippen LogP contribution in [0.15, 0.2) is 79.6 Å². The predicted octanol–water partition coefficient (Wildman–Crippen LogP) is 11.7. The average Bonchev–Trinajstić information content (AvgIpc) is 3.59. The lowest BCUT2D eigenvalue weighted by Crippen LogP contribution is -2.38. The molecule has 2 unspecified atom stereocenters. The van der Waals surface area contributed by atoms with Gasteiger partial charge in [-0.25, -0.2) is 4.98 Å². The molecule has 2 atom stereocenters. The number of nitrogens with zero attached hydrogens (tertiary/aromatic N) is 3. The van der Waals surface area contributed by atoms with Gasteiger partial charge in [-0.15, -0.1) is 12.3 Å². The van der Waals surface area contributed by atoms with Crippen LogP contribution in [-0.4, -0.2) is 36.1 Å². The number of allylic oxidation sites excluding steroid dienone is 2. The monoisotopic (exact) mass is 697 g/mol. The van der Waals surface area contributed by atoms with Gasteiger partial charge in [0.2, 0.25) is 0 Å². The van der Waals surface area contributed by atoms with Gasteiger partial charge in [-0.2, -0.15) is 26.3 Å². The normalized spacial score (nSPS) is 16.3. The number of aryl methyl sites for hydroxylation is 1. The molecular formula is C41H49F6N3. The lowest BCUT2D eigenvalue weighted by molar-refractivity contribution is -0.143. The molecule has 0 amide bonds. The highest BCUT2D eigenvalue weighted by Crippen LogP contribution is 2.41. The first-order chi connectivity index (χ1) is 23.7. The number of aromatic nitrogens is 1. The number of likely N-dealkylation sites (N-methyl/N-ethyl adjacent to an activating group) is 1. The Hall–Kier alpha value is -3.81. The topological polar surface area (TPSA) is 19.4 Å². The highest BCUT2D eigenvalue weighted by atomic mass is 19.4. The summed E-state index contributed by atoms with van der Waals surface area (Å²) in [6.07, 6.45) is 0.383. The largest absolute Gasteiger partial charge is 0.416 e. The van der Waals surface area contributed by atoms with E-state index >= 15 is 0 Å². The maximum absolute atomic E-state index is 13.8. The highest BCUT2D eigenvalue weighted by molar-refractivity contribution is 5.72. The van der Waals surface area contributed by atoms with E-state index in [1.54, 1.807) is 12.2 Å². The van der Waals surface area contributed by atoms with Crippen LogP contribution in [0.25, 0.3) is 11.1 Å². The summed E-state index contributed by atoms with van der Waals surface area (Å²) in [6.45, 7) is 15.0. The average molecular weight is 698 g/mol. The first-order valence-electron chi connectivity index (χ1n) is 17.5. The Balaban J connectivity index is 0.00000181. The number of halogens is 6. The standard InChI is InChI=1S/C38H43F6N3.C3H6/c1-5-7-13-32(29-20-30(37(39,40)41)23-31(21-29)38(42,43)44)25(3)46(4)24-35-33(16-17-36(45-35)47-18-10-19-47)34-22-28(15-14-26(34)6-2)27-11-8-9-12-27;1-3-2/h7,14-17,20-23,25,27,32H,1,6,8-13,18-19,24H2,2-4H3;3H,1H2,2H3. The molecule has 2 heterocycles. The fourth-order valence-electron chi connectivity index (χ4n) is 6.95. The van der Waals surface area contributed by atoms with E-state index in [0.29, 0.717) is 12.5 Å². The molecule has 270 valence electrons. The van der Waals surface area contributed by atoms with Crippen molar-refractivity contribution in [3.8, 4) is 11.1 Å². The third kappa shape index (κ3) is 9.49. The van der Waals surface area contributed by atoms with E-state index in [0.717, 1.165) is 60.7 Å². The molecule has 2 aliphatic rings. The molecule has 2 aromatic carbocycles. The summed E-state index contributed by atoms with van der Waals surface area (Å²) in [4.78, 5) is 9.33. The van der Waals surface area contributed by atoms with Gasteiger partial charge in [0.25, 0.3) is 0 Å². The van der Waals surface area contributed by atoms with Crippen LogP contribution in [0.4, 0.5) is 32.2 Å². The van der Waals surface area contributed by atoms with Gasteiger partial charge in [-0.3, -0.25) is 4.90 Å². The minimum Gasteiger partial charge on any atom is -0.356 e. The zero-order valence-electron chi connectivity index (χ0n) is 29.6. The SMILES string of the molecule is C=C=CCC(c1cc(C(F)(F)F)cc(C(F)(F)F)c1)C(C)N(C)Cc1nc(N2CCC2)ccc1-c1cc(C2CCCC2)ccc1CC.C=CC. The molecular weight excluding hydrogens is 648 g/mol. The van der Waals surface area contributed by atoms with Gasteiger partial charge in [-0.1, -0.05) is 50.6 Å². The minimum absolute atomic E-state index is 0.0296. The van der Waals surface area contributed by atoms with Gasteiger partial charge in [0.1, 0.15) is 5.82 Å². The fraction of sp³-hybridized carbons (Fsp3) is 0.463. The Morgan fingerprint density at radius 1 is 0.940 bits per heavy atom. The lowest BCUT2D eigenvalue weighted by atomic mass is 9.86. The second kappa shape index (κ2) is 16.9. The van der Waals surface area contributed by atoms with Crippen molar-refractivity contribution in [3.05, 3.63) is 113 Å². The summed E-state index contributed by atoms with van der Waals surface area (Å²) in [7, 11) is 1.85. The zero-order chi connectivity index (χ0) is 36.6. The van der Waals surface area contributed by atoms with Crippen molar-refractivity contribution in [2.24, 2.45) is 0 Å². The number of alkyl halides is 6. The second-order valence-corrected chi connectivity index (χ2v) is 13.4. The van der Waals surface area contributed by atoms with E-state index in [1.165, 1.54) is 36.8 Å². The molecule has 0 spiro atoms. The first-order valence-corrected chi connectivity index (χ1v) is 17.5. The van der Waals surface area contributed by atoms with Gasteiger partial charge < -0.3 is 4.90 Å². The molecule has 5 rings (SSSR count). The molecule has 9 heteroatoms. The van der Waals surface area contributed by atoms with E-state index in [4.69, 9.17) is 4.98 Å². The van der Waals surface area contributed by atoms with Crippen molar-refractivity contribution in [2.75, 3.05) is 25.0 Å². The van der Waals surface area contributed by atoms with Gasteiger partial charge in [0.05, 0.1) is 16.8 Å². The summed E-state index contributed by atoms with van der Waals surface area (Å²) < 4.78 is 82.9. The smallest absolute Gasteiger partial charge is 0.356 e. The lowest BCUT2D eigenvalue weighted by Gasteiger charge is -2.34. The quantitative estimate of drug-likeness (QED) is 0.113. The van der Waals surface area contributed by atoms with E-state index in [-0.39, 0.29) is 18.1 Å². The van der Waals surface area contributed by atoms with Gasteiger partial charge in [0, 0.05) is 37.2 Å². The third-order valence-corrected chi connectivity index (χ3v) is 10.0. The van der Waals surface area contributed by atoms with Crippen LogP contribution >= 0.6 is 0 Å². The second-order valence-electron chi connectivity index (χ2n) is 13.4. The molecule has 1 saturated carbocycles. The zero-order valence-corrected chi connectivity index (χ0v) is 29.6. The third-order valence-electron chi connectivity index (χ3n) is 10.0. The summed E-state index contributed by atoms with van der Waals surface area (Å²) in [5.41, 5.74) is 5.50. The van der Waals surface area contributed by atoms with Crippen LogP contribution in [0, 0.1) is 0 Å². The molecule has 1 saturated heterocycles. The minimum atomic E-state index is -4.93. The van der Waals surface area contributed by atoms with Crippen LogP contribution < -0.4 is 4.90 Å². The maximum atomic E-state index is 13.8. The molecule has 0 radical (unpaired) electrons. The van der Waals surface area contributed by atoms with Crippen molar-refractivity contribution in [1.29, 1.82) is 0 Å². The van der Waals surface area contributed by atoms with E-state index in [2.05, 4.69) is 61.0 Å². The molecule has 3 nitrogen and oxygen atoms in total. The van der Waals surface area contributed by atoms with E-state index in [1.807, 2.05) is 25.8 Å². The summed E-state index contributed by atoms with van der Waals surface area (Å²) in [6, 6.07) is 12.4. The molecule has 3 aromatic rings. The Morgan fingerprint density at radius 3 is 2.08 bits per heavy atom. The number of hydrogen-bond donors (Lipinski definition) is 0. The molecule has 1 aromatic heterocycles. The molecule has 1 aliphatic heterocycles. The maximum Gasteiger partial charge on any atom is 0.416 e. The van der Waals surface area contributed by atoms with Crippen molar-refractivity contribution in [3.63, 3.8) is 0 Å². The van der Waals surface area contributed by atoms with E-state index in [9.17, 15) is 26.3 Å². The van der Waals surface area contributed by atoms with Crippen LogP contribution in [-0.2, 0) is 25.3 Å². The van der Waals surface area contributed by atoms with Crippen LogP contribution in [0.2, 0.25) is 0 Å². The first kappa shape index (κ1) is 39.0. The van der Waals surface area contributed by atoms with Crippen molar-refractivity contribution in [1.82, 2.24) is 9.88 Å². The molecule has 0 bridgehead atoms. The number of rotatable bonds is 11. The van der Waals surface area contributed by atoms with Crippen molar-refractivity contribution < 1.29 is 26.3 Å². The fourth-order valence-corrected chi connectivity index (χ4v) is 6.95. The van der Waals surface area contributed by atoms with Crippen LogP contribution in [0.3, 0.4) is 0 Å². The van der Waals surface area contributed by atoms with Crippen molar-refractivity contribution in [2.45, 2.75) is 102 Å². The van der Waals surface area contributed by atoms with Gasteiger partial charge in [0.15, 0.2) is 0 Å². The summed E-state index contributed by atoms with van der Waals surface area (Å²) in [5.74, 6) is 0.711. The number of hydrogen-bond acceptors (Lipinski definition) is 3. The number of anilines is 1. The molecule has 50 heavy (non-hydrogen) atoms. The Kier molecular flexibility index (Phi) is 13.2. The van der Waals surface area contributed by atoms with Crippen LogP contribution in [0.5, 0.6) is 0 Å². The Labute approximate surface area is 293 Å². The van der Waals surface area contributed by atoms with Crippen molar-refractivity contribution >= 4 is 5.82 Å². The summed E-state index contributed by atoms with van der Waals surface area (Å²) in [5, 5.41) is 0. The van der Waals surface area contributed by atoms with Crippen LogP contribution in [0.1, 0.15) is 105 Å². The molecule has 2 fully saturated rings. The van der Waals surface area contributed by atoms with Gasteiger partial charge >= 0.3 is 12.4 Å². The Morgan fingerprint density at radius 2 is 1.56 bits per heavy atom. The van der Waals surface area contributed by atoms with E-state index < -0.39 is 35.4 Å². The Bertz CT molecular complexity index is 1610. The number of pyridine rings is 1. The number of benzene rings is 2. The highest BCUT2D eigenvalue weighted by Gasteiger charge is 2.38. The molecule has 0 N–H and O–H groups in total. The summed E-state index contributed by atoms with van der Waals surface area (Å²) >= 11 is 0.